The maximum absolute atomic E-state index is 10.1. The highest BCUT2D eigenvalue weighted by molar-refractivity contribution is 5.88. The minimum atomic E-state index is -0.419. The van der Waals surface area contributed by atoms with Crippen molar-refractivity contribution >= 4 is 10.8 Å². The quantitative estimate of drug-likeness (QED) is 0.896. The molecule has 1 aliphatic rings. The molecule has 0 aliphatic carbocycles. The van der Waals surface area contributed by atoms with Gasteiger partial charge in [0.15, 0.2) is 0 Å². The van der Waals surface area contributed by atoms with Gasteiger partial charge in [-0.15, -0.1) is 0 Å². The number of likely N-dealkylation sites (tertiary alicyclic amines) is 1. The maximum atomic E-state index is 10.1. The van der Waals surface area contributed by atoms with Crippen LogP contribution in [0.5, 0.6) is 5.75 Å². The number of hydrogen-bond acceptors (Lipinski definition) is 3. The van der Waals surface area contributed by atoms with Crippen LogP contribution < -0.4 is 4.74 Å². The van der Waals surface area contributed by atoms with E-state index in [2.05, 4.69) is 23.1 Å². The third kappa shape index (κ3) is 2.57. The fourth-order valence-electron chi connectivity index (χ4n) is 2.67. The summed E-state index contributed by atoms with van der Waals surface area (Å²) >= 11 is 0. The van der Waals surface area contributed by atoms with Crippen LogP contribution in [0.25, 0.3) is 10.8 Å². The first kappa shape index (κ1) is 12.5. The van der Waals surface area contributed by atoms with Crippen LogP contribution in [-0.2, 0) is 0 Å². The molecule has 0 saturated carbocycles. The second-order valence-electron chi connectivity index (χ2n) is 5.25. The van der Waals surface area contributed by atoms with E-state index in [1.807, 2.05) is 31.3 Å². The second kappa shape index (κ2) is 5.19. The number of nitrogens with zero attached hydrogens (tertiary/aromatic N) is 1. The summed E-state index contributed by atoms with van der Waals surface area (Å²) in [7, 11) is 2.03. The molecule has 2 aromatic carbocycles. The number of β-amino-alcohol motifs (C(OH)–C–C–N with tert-alkyl or cyclic N) is 1. The van der Waals surface area contributed by atoms with E-state index < -0.39 is 6.10 Å². The van der Waals surface area contributed by atoms with Crippen molar-refractivity contribution in [3.8, 4) is 5.75 Å². The summed E-state index contributed by atoms with van der Waals surface area (Å²) in [6, 6.07) is 14.2. The van der Waals surface area contributed by atoms with Gasteiger partial charge in [-0.2, -0.15) is 0 Å². The number of aliphatic hydroxyl groups excluding tert-OH is 1. The molecule has 0 aromatic heterocycles. The van der Waals surface area contributed by atoms with Crippen molar-refractivity contribution in [2.75, 3.05) is 20.1 Å². The van der Waals surface area contributed by atoms with Gasteiger partial charge >= 0.3 is 0 Å². The summed E-state index contributed by atoms with van der Waals surface area (Å²) in [5.41, 5.74) is 0. The first-order chi connectivity index (χ1) is 9.24. The zero-order valence-electron chi connectivity index (χ0n) is 11.1. The van der Waals surface area contributed by atoms with Gasteiger partial charge < -0.3 is 14.7 Å². The molecule has 0 amide bonds. The molecular weight excluding hydrogens is 238 g/mol. The molecule has 1 saturated heterocycles. The van der Waals surface area contributed by atoms with Gasteiger partial charge in [-0.1, -0.05) is 36.4 Å². The fraction of sp³-hybridized carbons (Fsp3) is 0.375. The Bertz CT molecular complexity index is 564. The molecule has 3 rings (SSSR count). The molecule has 100 valence electrons. The lowest BCUT2D eigenvalue weighted by Crippen LogP contribution is -2.47. The van der Waals surface area contributed by atoms with Crippen molar-refractivity contribution < 1.29 is 9.84 Å². The van der Waals surface area contributed by atoms with E-state index in [1.165, 1.54) is 5.39 Å². The van der Waals surface area contributed by atoms with Crippen LogP contribution in [0.1, 0.15) is 6.42 Å². The fourth-order valence-corrected chi connectivity index (χ4v) is 2.67. The minimum Gasteiger partial charge on any atom is -0.487 e. The predicted octanol–water partition coefficient (Wildman–Crippen LogP) is 2.28. The van der Waals surface area contributed by atoms with E-state index in [0.717, 1.165) is 24.1 Å². The van der Waals surface area contributed by atoms with Gasteiger partial charge in [0, 0.05) is 18.5 Å². The Kier molecular flexibility index (Phi) is 3.40. The smallest absolute Gasteiger partial charge is 0.127 e. The largest absolute Gasteiger partial charge is 0.487 e. The van der Waals surface area contributed by atoms with Gasteiger partial charge in [-0.05, 0) is 24.9 Å². The molecule has 3 heteroatoms. The molecule has 2 aromatic rings. The highest BCUT2D eigenvalue weighted by atomic mass is 16.5. The molecular formula is C16H19NO2. The SMILES string of the molecule is CN1CC[C@H](Oc2cccc3ccccc23)[C@@H](O)C1. The van der Waals surface area contributed by atoms with Crippen LogP contribution in [-0.4, -0.2) is 42.4 Å². The molecule has 0 radical (unpaired) electrons. The Morgan fingerprint density at radius 2 is 1.95 bits per heavy atom. The third-order valence-electron chi connectivity index (χ3n) is 3.75. The first-order valence-corrected chi connectivity index (χ1v) is 6.75. The average molecular weight is 257 g/mol. The summed E-state index contributed by atoms with van der Waals surface area (Å²) < 4.78 is 6.05. The number of likely N-dealkylation sites (N-methyl/N-ethyl adjacent to an activating group) is 1. The molecule has 1 fully saturated rings. The normalized spacial score (nSPS) is 24.5. The van der Waals surface area contributed by atoms with Crippen molar-refractivity contribution in [1.82, 2.24) is 4.90 Å². The Balaban J connectivity index is 1.85. The predicted molar refractivity (Wildman–Crippen MR) is 76.5 cm³/mol. The van der Waals surface area contributed by atoms with Gasteiger partial charge in [0.25, 0.3) is 0 Å². The molecule has 19 heavy (non-hydrogen) atoms. The van der Waals surface area contributed by atoms with Crippen LogP contribution >= 0.6 is 0 Å². The molecule has 3 nitrogen and oxygen atoms in total. The molecule has 2 atom stereocenters. The number of hydrogen-bond donors (Lipinski definition) is 1. The molecule has 0 bridgehead atoms. The Hall–Kier alpha value is -1.58. The average Bonchev–Trinajstić information content (AvgIpc) is 2.42. The second-order valence-corrected chi connectivity index (χ2v) is 5.25. The lowest BCUT2D eigenvalue weighted by Gasteiger charge is -2.33. The van der Waals surface area contributed by atoms with Crippen molar-refractivity contribution in [2.24, 2.45) is 0 Å². The summed E-state index contributed by atoms with van der Waals surface area (Å²) in [5, 5.41) is 12.4. The van der Waals surface area contributed by atoms with Gasteiger partial charge in [0.2, 0.25) is 0 Å². The molecule has 1 aliphatic heterocycles. The molecule has 1 heterocycles. The molecule has 1 N–H and O–H groups in total. The number of piperidine rings is 1. The Morgan fingerprint density at radius 1 is 1.16 bits per heavy atom. The number of ether oxygens (including phenoxy) is 1. The highest BCUT2D eigenvalue weighted by Gasteiger charge is 2.27. The molecule has 0 unspecified atom stereocenters. The van der Waals surface area contributed by atoms with E-state index in [9.17, 15) is 5.11 Å². The van der Waals surface area contributed by atoms with Crippen LogP contribution in [0.3, 0.4) is 0 Å². The van der Waals surface area contributed by atoms with Gasteiger partial charge in [-0.25, -0.2) is 0 Å². The number of benzene rings is 2. The van der Waals surface area contributed by atoms with E-state index >= 15 is 0 Å². The lowest BCUT2D eigenvalue weighted by atomic mass is 10.0. The number of rotatable bonds is 2. The molecule has 0 spiro atoms. The zero-order valence-corrected chi connectivity index (χ0v) is 11.1. The van der Waals surface area contributed by atoms with Crippen molar-refractivity contribution in [3.05, 3.63) is 42.5 Å². The van der Waals surface area contributed by atoms with Crippen LogP contribution in [0.15, 0.2) is 42.5 Å². The van der Waals surface area contributed by atoms with E-state index in [4.69, 9.17) is 4.74 Å². The summed E-state index contributed by atoms with van der Waals surface area (Å²) in [6.07, 6.45) is 0.334. The van der Waals surface area contributed by atoms with Gasteiger partial charge in [0.1, 0.15) is 18.0 Å². The first-order valence-electron chi connectivity index (χ1n) is 6.75. The summed E-state index contributed by atoms with van der Waals surface area (Å²) in [5.74, 6) is 0.867. The number of aliphatic hydroxyl groups is 1. The van der Waals surface area contributed by atoms with Crippen LogP contribution in [0.4, 0.5) is 0 Å². The standard InChI is InChI=1S/C16H19NO2/c1-17-10-9-16(14(18)11-17)19-15-8-4-6-12-5-2-3-7-13(12)15/h2-8,14,16,18H,9-11H2,1H3/t14-,16-/m0/s1. The Labute approximate surface area is 113 Å². The Morgan fingerprint density at radius 3 is 2.79 bits per heavy atom. The van der Waals surface area contributed by atoms with Crippen molar-refractivity contribution in [2.45, 2.75) is 18.6 Å². The maximum Gasteiger partial charge on any atom is 0.127 e. The minimum absolute atomic E-state index is 0.109. The van der Waals surface area contributed by atoms with E-state index in [-0.39, 0.29) is 6.10 Å². The lowest BCUT2D eigenvalue weighted by molar-refractivity contribution is -0.0175. The van der Waals surface area contributed by atoms with Crippen molar-refractivity contribution in [1.29, 1.82) is 0 Å². The monoisotopic (exact) mass is 257 g/mol. The van der Waals surface area contributed by atoms with Gasteiger partial charge in [0.05, 0.1) is 0 Å². The van der Waals surface area contributed by atoms with Crippen molar-refractivity contribution in [3.63, 3.8) is 0 Å². The van der Waals surface area contributed by atoms with E-state index in [1.54, 1.807) is 0 Å². The van der Waals surface area contributed by atoms with E-state index in [0.29, 0.717) is 6.54 Å². The topological polar surface area (TPSA) is 32.7 Å². The summed E-state index contributed by atoms with van der Waals surface area (Å²) in [4.78, 5) is 2.13. The van der Waals surface area contributed by atoms with Crippen LogP contribution in [0.2, 0.25) is 0 Å². The van der Waals surface area contributed by atoms with Crippen LogP contribution in [0, 0.1) is 0 Å². The summed E-state index contributed by atoms with van der Waals surface area (Å²) in [6.45, 7) is 1.64. The highest BCUT2D eigenvalue weighted by Crippen LogP contribution is 2.27. The zero-order chi connectivity index (χ0) is 13.2. The third-order valence-corrected chi connectivity index (χ3v) is 3.75. The number of fused-ring (bicyclic) bond motifs is 1. The van der Waals surface area contributed by atoms with Gasteiger partial charge in [-0.3, -0.25) is 0 Å².